The van der Waals surface area contributed by atoms with Crippen molar-refractivity contribution in [2.45, 2.75) is 25.1 Å². The summed E-state index contributed by atoms with van der Waals surface area (Å²) >= 11 is 9.21. The first-order valence-electron chi connectivity index (χ1n) is 8.66. The molecule has 2 N–H and O–H groups in total. The van der Waals surface area contributed by atoms with E-state index in [0.29, 0.717) is 17.1 Å². The standard InChI is InChI=1S/C20H20BrClN2O3/c21-15-3-1-2-14(8-15)20(27)24-12-17(25)9-18(24)19(26)11-23-10-13-4-6-16(22)7-5-13/h1-8,17-18,23,25H,9-12H2. The molecular weight excluding hydrogens is 432 g/mol. The fourth-order valence-corrected chi connectivity index (χ4v) is 3.71. The molecule has 1 aliphatic heterocycles. The largest absolute Gasteiger partial charge is 0.391 e. The maximum absolute atomic E-state index is 12.8. The highest BCUT2D eigenvalue weighted by molar-refractivity contribution is 9.10. The van der Waals surface area contributed by atoms with E-state index < -0.39 is 12.1 Å². The molecule has 0 aliphatic carbocycles. The Morgan fingerprint density at radius 2 is 1.96 bits per heavy atom. The Labute approximate surface area is 171 Å². The van der Waals surface area contributed by atoms with Crippen LogP contribution in [0.5, 0.6) is 0 Å². The number of likely N-dealkylation sites (tertiary alicyclic amines) is 1. The number of carbonyl (C=O) groups is 2. The molecule has 0 spiro atoms. The molecule has 0 saturated carbocycles. The van der Waals surface area contributed by atoms with Crippen LogP contribution in [0.2, 0.25) is 5.02 Å². The van der Waals surface area contributed by atoms with Gasteiger partial charge in [0.1, 0.15) is 0 Å². The molecular formula is C20H20BrClN2O3. The van der Waals surface area contributed by atoms with E-state index in [-0.39, 0.29) is 31.2 Å². The molecule has 2 aromatic rings. The molecule has 142 valence electrons. The number of aliphatic hydroxyl groups excluding tert-OH is 1. The van der Waals surface area contributed by atoms with Crippen LogP contribution in [-0.4, -0.2) is 46.9 Å². The van der Waals surface area contributed by atoms with Crippen molar-refractivity contribution >= 4 is 39.2 Å². The van der Waals surface area contributed by atoms with Crippen LogP contribution >= 0.6 is 27.5 Å². The molecule has 2 atom stereocenters. The molecule has 0 aromatic heterocycles. The molecule has 1 amide bonds. The van der Waals surface area contributed by atoms with Gasteiger partial charge >= 0.3 is 0 Å². The number of hydrogen-bond acceptors (Lipinski definition) is 4. The van der Waals surface area contributed by atoms with Crippen molar-refractivity contribution < 1.29 is 14.7 Å². The summed E-state index contributed by atoms with van der Waals surface area (Å²) in [6, 6.07) is 13.8. The predicted octanol–water partition coefficient (Wildman–Crippen LogP) is 3.04. The molecule has 0 bridgehead atoms. The van der Waals surface area contributed by atoms with E-state index in [0.717, 1.165) is 10.0 Å². The summed E-state index contributed by atoms with van der Waals surface area (Å²) in [4.78, 5) is 26.9. The fraction of sp³-hybridized carbons (Fsp3) is 0.300. The van der Waals surface area contributed by atoms with Crippen LogP contribution in [0.3, 0.4) is 0 Å². The number of carbonyl (C=O) groups excluding carboxylic acids is 2. The molecule has 7 heteroatoms. The molecule has 1 heterocycles. The first kappa shape index (κ1) is 20.0. The second kappa shape index (κ2) is 8.97. The van der Waals surface area contributed by atoms with Crippen molar-refractivity contribution in [2.75, 3.05) is 13.1 Å². The Kier molecular flexibility index (Phi) is 6.65. The van der Waals surface area contributed by atoms with Crippen LogP contribution in [-0.2, 0) is 11.3 Å². The summed E-state index contributed by atoms with van der Waals surface area (Å²) in [5, 5.41) is 13.8. The van der Waals surface area contributed by atoms with Gasteiger partial charge in [-0.2, -0.15) is 0 Å². The summed E-state index contributed by atoms with van der Waals surface area (Å²) in [6.45, 7) is 0.818. The first-order chi connectivity index (χ1) is 12.9. The second-order valence-corrected chi connectivity index (χ2v) is 7.92. The zero-order valence-electron chi connectivity index (χ0n) is 14.6. The van der Waals surface area contributed by atoms with Gasteiger partial charge in [0.15, 0.2) is 5.78 Å². The van der Waals surface area contributed by atoms with Crippen molar-refractivity contribution in [3.05, 3.63) is 69.2 Å². The quantitative estimate of drug-likeness (QED) is 0.708. The van der Waals surface area contributed by atoms with Crippen LogP contribution in [0.15, 0.2) is 53.0 Å². The van der Waals surface area contributed by atoms with E-state index in [1.807, 2.05) is 18.2 Å². The van der Waals surface area contributed by atoms with Crippen LogP contribution in [0, 0.1) is 0 Å². The van der Waals surface area contributed by atoms with Crippen LogP contribution < -0.4 is 5.32 Å². The molecule has 0 radical (unpaired) electrons. The Hall–Kier alpha value is -1.73. The highest BCUT2D eigenvalue weighted by Gasteiger charge is 2.38. The van der Waals surface area contributed by atoms with Crippen LogP contribution in [0.25, 0.3) is 0 Å². The third-order valence-corrected chi connectivity index (χ3v) is 5.27. The van der Waals surface area contributed by atoms with Gasteiger partial charge in [-0.3, -0.25) is 9.59 Å². The number of aliphatic hydroxyl groups is 1. The number of nitrogens with one attached hydrogen (secondary N) is 1. The van der Waals surface area contributed by atoms with Crippen LogP contribution in [0.1, 0.15) is 22.3 Å². The van der Waals surface area contributed by atoms with Crippen molar-refractivity contribution in [2.24, 2.45) is 0 Å². The van der Waals surface area contributed by atoms with Crippen molar-refractivity contribution in [3.8, 4) is 0 Å². The van der Waals surface area contributed by atoms with Gasteiger partial charge < -0.3 is 15.3 Å². The van der Waals surface area contributed by atoms with Crippen LogP contribution in [0.4, 0.5) is 0 Å². The van der Waals surface area contributed by atoms with Gasteiger partial charge in [-0.1, -0.05) is 45.7 Å². The molecule has 3 rings (SSSR count). The Bertz CT molecular complexity index is 828. The van der Waals surface area contributed by atoms with E-state index in [4.69, 9.17) is 11.6 Å². The zero-order chi connectivity index (χ0) is 19.4. The van der Waals surface area contributed by atoms with E-state index in [2.05, 4.69) is 21.2 Å². The average molecular weight is 452 g/mol. The second-order valence-electron chi connectivity index (χ2n) is 6.57. The monoisotopic (exact) mass is 450 g/mol. The highest BCUT2D eigenvalue weighted by Crippen LogP contribution is 2.23. The summed E-state index contributed by atoms with van der Waals surface area (Å²) in [6.07, 6.45) is -0.424. The maximum atomic E-state index is 12.8. The van der Waals surface area contributed by atoms with Crippen molar-refractivity contribution in [3.63, 3.8) is 0 Å². The van der Waals surface area contributed by atoms with Gasteiger partial charge in [0.05, 0.1) is 18.7 Å². The smallest absolute Gasteiger partial charge is 0.254 e. The van der Waals surface area contributed by atoms with Gasteiger partial charge in [-0.05, 0) is 35.9 Å². The lowest BCUT2D eigenvalue weighted by Crippen LogP contribution is -2.43. The summed E-state index contributed by atoms with van der Waals surface area (Å²) in [5.74, 6) is -0.354. The minimum Gasteiger partial charge on any atom is -0.391 e. The average Bonchev–Trinajstić information content (AvgIpc) is 3.04. The number of rotatable bonds is 6. The molecule has 1 aliphatic rings. The van der Waals surface area contributed by atoms with E-state index >= 15 is 0 Å². The molecule has 1 saturated heterocycles. The summed E-state index contributed by atoms with van der Waals surface area (Å²) in [7, 11) is 0. The normalized spacial score (nSPS) is 19.3. The van der Waals surface area contributed by atoms with E-state index in [9.17, 15) is 14.7 Å². The van der Waals surface area contributed by atoms with E-state index in [1.54, 1.807) is 30.3 Å². The predicted molar refractivity (Wildman–Crippen MR) is 108 cm³/mol. The third kappa shape index (κ3) is 5.17. The number of nitrogens with zero attached hydrogens (tertiary/aromatic N) is 1. The highest BCUT2D eigenvalue weighted by atomic mass is 79.9. The van der Waals surface area contributed by atoms with Gasteiger partial charge in [0, 0.05) is 34.6 Å². The van der Waals surface area contributed by atoms with Crippen molar-refractivity contribution in [1.29, 1.82) is 0 Å². The first-order valence-corrected chi connectivity index (χ1v) is 9.83. The Morgan fingerprint density at radius 1 is 1.22 bits per heavy atom. The number of Topliss-reactive ketones (excluding diaryl/α,β-unsaturated/α-hetero) is 1. The molecule has 1 fully saturated rings. The van der Waals surface area contributed by atoms with Gasteiger partial charge in [-0.15, -0.1) is 0 Å². The number of β-amino-alcohol motifs (C(OH)–C–C–N with tert-alkyl or cyclic N) is 1. The number of benzene rings is 2. The Morgan fingerprint density at radius 3 is 2.67 bits per heavy atom. The third-order valence-electron chi connectivity index (χ3n) is 4.52. The zero-order valence-corrected chi connectivity index (χ0v) is 16.9. The number of amides is 1. The maximum Gasteiger partial charge on any atom is 0.254 e. The summed E-state index contributed by atoms with van der Waals surface area (Å²) in [5.41, 5.74) is 1.51. The molecule has 27 heavy (non-hydrogen) atoms. The Balaban J connectivity index is 1.61. The fourth-order valence-electron chi connectivity index (χ4n) is 3.18. The minimum absolute atomic E-state index is 0.108. The van der Waals surface area contributed by atoms with Crippen molar-refractivity contribution in [1.82, 2.24) is 10.2 Å². The van der Waals surface area contributed by atoms with Gasteiger partial charge in [0.25, 0.3) is 5.91 Å². The minimum atomic E-state index is -0.689. The molecule has 2 unspecified atom stereocenters. The SMILES string of the molecule is O=C(CNCc1ccc(Cl)cc1)C1CC(O)CN1C(=O)c1cccc(Br)c1. The number of hydrogen-bond donors (Lipinski definition) is 2. The number of halogens is 2. The molecule has 2 aromatic carbocycles. The lowest BCUT2D eigenvalue weighted by Gasteiger charge is -2.23. The number of ketones is 1. The van der Waals surface area contributed by atoms with E-state index in [1.165, 1.54) is 4.90 Å². The molecule has 5 nitrogen and oxygen atoms in total. The lowest BCUT2D eigenvalue weighted by molar-refractivity contribution is -0.122. The summed E-state index contributed by atoms with van der Waals surface area (Å²) < 4.78 is 0.792. The topological polar surface area (TPSA) is 69.6 Å². The van der Waals surface area contributed by atoms with Gasteiger partial charge in [-0.25, -0.2) is 0 Å². The lowest BCUT2D eigenvalue weighted by atomic mass is 10.1. The van der Waals surface area contributed by atoms with Gasteiger partial charge in [0.2, 0.25) is 0 Å².